The van der Waals surface area contributed by atoms with Crippen LogP contribution in [0.5, 0.6) is 0 Å². The second kappa shape index (κ2) is 5.73. The summed E-state index contributed by atoms with van der Waals surface area (Å²) < 4.78 is 6.04. The van der Waals surface area contributed by atoms with Crippen molar-refractivity contribution < 1.29 is 9.21 Å². The summed E-state index contributed by atoms with van der Waals surface area (Å²) in [4.78, 5) is 17.0. The van der Waals surface area contributed by atoms with Crippen LogP contribution < -0.4 is 5.32 Å². The van der Waals surface area contributed by atoms with E-state index in [1.165, 1.54) is 19.3 Å². The fourth-order valence-corrected chi connectivity index (χ4v) is 4.46. The smallest absolute Gasteiger partial charge is 0.224 e. The highest BCUT2D eigenvalue weighted by Crippen LogP contribution is 2.57. The largest absolute Gasteiger partial charge is 0.459 e. The van der Waals surface area contributed by atoms with Gasteiger partial charge >= 0.3 is 0 Å². The molecule has 1 aromatic carbocycles. The van der Waals surface area contributed by atoms with Crippen LogP contribution in [0.25, 0.3) is 11.0 Å². The molecule has 2 aliphatic rings. The highest BCUT2D eigenvalue weighted by atomic mass is 16.3. The third kappa shape index (κ3) is 2.53. The minimum Gasteiger partial charge on any atom is -0.459 e. The number of nitrogens with one attached hydrogen (secondary N) is 1. The van der Waals surface area contributed by atoms with Crippen LogP contribution in [0.2, 0.25) is 0 Å². The van der Waals surface area contributed by atoms with Crippen LogP contribution in [0.1, 0.15) is 36.6 Å². The van der Waals surface area contributed by atoms with Crippen LogP contribution in [0.3, 0.4) is 0 Å². The summed E-state index contributed by atoms with van der Waals surface area (Å²) in [6, 6.07) is 13.5. The lowest BCUT2D eigenvalue weighted by Gasteiger charge is -2.17. The first kappa shape index (κ1) is 14.7. The van der Waals surface area contributed by atoms with E-state index in [0.29, 0.717) is 11.8 Å². The van der Waals surface area contributed by atoms with Gasteiger partial charge in [-0.3, -0.25) is 9.78 Å². The van der Waals surface area contributed by atoms with Crippen LogP contribution in [-0.2, 0) is 4.79 Å². The van der Waals surface area contributed by atoms with E-state index in [0.717, 1.165) is 22.3 Å². The number of carbonyl (C=O) groups excluding carboxylic acids is 1. The van der Waals surface area contributed by atoms with Gasteiger partial charge in [0.15, 0.2) is 0 Å². The molecule has 0 aliphatic heterocycles. The lowest BCUT2D eigenvalue weighted by Crippen LogP contribution is -2.31. The van der Waals surface area contributed by atoms with Gasteiger partial charge < -0.3 is 9.73 Å². The van der Waals surface area contributed by atoms with E-state index in [1.54, 1.807) is 12.4 Å². The molecular weight excluding hydrogens is 312 g/mol. The molecule has 3 atom stereocenters. The van der Waals surface area contributed by atoms with Crippen molar-refractivity contribution in [2.75, 3.05) is 0 Å². The van der Waals surface area contributed by atoms with Crippen molar-refractivity contribution >= 4 is 16.9 Å². The standard InChI is InChI=1S/C21H20N2O2/c24-21(19-15-7-3-8-16(15)19)23-20(14-6-4-10-22-12-14)18-11-13-5-1-2-9-17(13)25-18/h1-2,4-6,9-12,15-16,19-20H,3,7-8H2,(H,23,24)/t15-,16-,20-/m1/s1. The molecule has 3 aromatic rings. The predicted molar refractivity (Wildman–Crippen MR) is 94.8 cm³/mol. The first-order chi connectivity index (χ1) is 12.3. The third-order valence-electron chi connectivity index (χ3n) is 5.74. The number of para-hydroxylation sites is 1. The van der Waals surface area contributed by atoms with Crippen molar-refractivity contribution in [3.05, 3.63) is 66.2 Å². The van der Waals surface area contributed by atoms with E-state index in [-0.39, 0.29) is 17.9 Å². The van der Waals surface area contributed by atoms with Crippen molar-refractivity contribution in [3.8, 4) is 0 Å². The van der Waals surface area contributed by atoms with E-state index < -0.39 is 0 Å². The Bertz CT molecular complexity index is 875. The number of pyridine rings is 1. The molecule has 4 nitrogen and oxygen atoms in total. The van der Waals surface area contributed by atoms with Crippen LogP contribution in [-0.4, -0.2) is 10.9 Å². The first-order valence-electron chi connectivity index (χ1n) is 9.00. The number of carbonyl (C=O) groups is 1. The van der Waals surface area contributed by atoms with Crippen molar-refractivity contribution in [2.24, 2.45) is 17.8 Å². The summed E-state index contributed by atoms with van der Waals surface area (Å²) in [6.45, 7) is 0. The normalized spacial score (nSPS) is 25.5. The first-order valence-corrected chi connectivity index (χ1v) is 9.00. The Morgan fingerprint density at radius 3 is 2.76 bits per heavy atom. The number of nitrogens with zero attached hydrogens (tertiary/aromatic N) is 1. The van der Waals surface area contributed by atoms with E-state index >= 15 is 0 Å². The van der Waals surface area contributed by atoms with Crippen molar-refractivity contribution in [1.29, 1.82) is 0 Å². The Morgan fingerprint density at radius 1 is 1.16 bits per heavy atom. The Hall–Kier alpha value is -2.62. The Labute approximate surface area is 146 Å². The van der Waals surface area contributed by atoms with Gasteiger partial charge in [0.05, 0.1) is 0 Å². The minimum atomic E-state index is -0.296. The van der Waals surface area contributed by atoms with Crippen molar-refractivity contribution in [2.45, 2.75) is 25.3 Å². The number of fused-ring (bicyclic) bond motifs is 2. The minimum absolute atomic E-state index is 0.156. The fourth-order valence-electron chi connectivity index (χ4n) is 4.46. The summed E-state index contributed by atoms with van der Waals surface area (Å²) in [5.74, 6) is 2.31. The topological polar surface area (TPSA) is 55.1 Å². The van der Waals surface area contributed by atoms with Gasteiger partial charge in [-0.2, -0.15) is 0 Å². The Morgan fingerprint density at radius 2 is 2.00 bits per heavy atom. The van der Waals surface area contributed by atoms with Gasteiger partial charge in [-0.05, 0) is 42.9 Å². The molecule has 0 spiro atoms. The molecular formula is C21H20N2O2. The number of hydrogen-bond acceptors (Lipinski definition) is 3. The van der Waals surface area contributed by atoms with Gasteiger partial charge in [-0.1, -0.05) is 30.7 Å². The van der Waals surface area contributed by atoms with Crippen LogP contribution in [0.15, 0.2) is 59.3 Å². The molecule has 1 amide bonds. The van der Waals surface area contributed by atoms with Crippen LogP contribution in [0, 0.1) is 17.8 Å². The van der Waals surface area contributed by atoms with Gasteiger partial charge in [0.25, 0.3) is 0 Å². The van der Waals surface area contributed by atoms with Gasteiger partial charge in [0.2, 0.25) is 5.91 Å². The van der Waals surface area contributed by atoms with Gasteiger partial charge in [0, 0.05) is 29.3 Å². The average molecular weight is 332 g/mol. The second-order valence-corrected chi connectivity index (χ2v) is 7.20. The number of amides is 1. The number of benzene rings is 1. The summed E-state index contributed by atoms with van der Waals surface area (Å²) in [5, 5.41) is 4.27. The molecule has 0 radical (unpaired) electrons. The van der Waals surface area contributed by atoms with E-state index in [4.69, 9.17) is 4.42 Å². The molecule has 2 aliphatic carbocycles. The monoisotopic (exact) mass is 332 g/mol. The average Bonchev–Trinajstić information content (AvgIpc) is 3.01. The number of rotatable bonds is 4. The number of furan rings is 1. The number of hydrogen-bond donors (Lipinski definition) is 1. The maximum Gasteiger partial charge on any atom is 0.224 e. The van der Waals surface area contributed by atoms with Gasteiger partial charge in [-0.25, -0.2) is 0 Å². The fraction of sp³-hybridized carbons (Fsp3) is 0.333. The molecule has 2 fully saturated rings. The zero-order valence-electron chi connectivity index (χ0n) is 13.9. The molecule has 2 saturated carbocycles. The van der Waals surface area contributed by atoms with Crippen LogP contribution >= 0.6 is 0 Å². The molecule has 2 heterocycles. The highest BCUT2D eigenvalue weighted by molar-refractivity contribution is 5.84. The second-order valence-electron chi connectivity index (χ2n) is 7.20. The third-order valence-corrected chi connectivity index (χ3v) is 5.74. The summed E-state index contributed by atoms with van der Waals surface area (Å²) in [5.41, 5.74) is 1.78. The molecule has 4 heteroatoms. The van der Waals surface area contributed by atoms with Crippen molar-refractivity contribution in [3.63, 3.8) is 0 Å². The summed E-state index contributed by atoms with van der Waals surface area (Å²) >= 11 is 0. The molecule has 5 rings (SSSR count). The molecule has 0 bridgehead atoms. The maximum atomic E-state index is 12.8. The predicted octanol–water partition coefficient (Wildman–Crippen LogP) is 4.08. The number of aromatic nitrogens is 1. The van der Waals surface area contributed by atoms with Gasteiger partial charge in [0.1, 0.15) is 17.4 Å². The molecule has 0 unspecified atom stereocenters. The summed E-state index contributed by atoms with van der Waals surface area (Å²) in [6.07, 6.45) is 7.21. The highest BCUT2D eigenvalue weighted by Gasteiger charge is 2.56. The lowest BCUT2D eigenvalue weighted by atomic mass is 10.0. The summed E-state index contributed by atoms with van der Waals surface area (Å²) in [7, 11) is 0. The zero-order valence-corrected chi connectivity index (χ0v) is 13.9. The zero-order chi connectivity index (χ0) is 16.8. The Balaban J connectivity index is 1.47. The lowest BCUT2D eigenvalue weighted by molar-refractivity contribution is -0.123. The maximum absolute atomic E-state index is 12.8. The van der Waals surface area contributed by atoms with Crippen molar-refractivity contribution in [1.82, 2.24) is 10.3 Å². The Kier molecular flexibility index (Phi) is 3.37. The van der Waals surface area contributed by atoms with Gasteiger partial charge in [-0.15, -0.1) is 0 Å². The van der Waals surface area contributed by atoms with E-state index in [2.05, 4.69) is 10.3 Å². The van der Waals surface area contributed by atoms with Crippen LogP contribution in [0.4, 0.5) is 0 Å². The molecule has 25 heavy (non-hydrogen) atoms. The molecule has 2 aromatic heterocycles. The SMILES string of the molecule is O=C(N[C@H](c1cccnc1)c1cc2ccccc2o1)C1[C@@H]2CCC[C@@H]12. The van der Waals surface area contributed by atoms with E-state index in [9.17, 15) is 4.79 Å². The quantitative estimate of drug-likeness (QED) is 0.783. The molecule has 1 N–H and O–H groups in total. The molecule has 126 valence electrons. The molecule has 0 saturated heterocycles. The van der Waals surface area contributed by atoms with E-state index in [1.807, 2.05) is 42.5 Å².